The monoisotopic (exact) mass is 440 g/mol. The van der Waals surface area contributed by atoms with E-state index in [0.717, 1.165) is 33.0 Å². The van der Waals surface area contributed by atoms with Gasteiger partial charge in [-0.2, -0.15) is 5.10 Å². The number of fused-ring (bicyclic) bond motifs is 1. The fourth-order valence-electron chi connectivity index (χ4n) is 3.70. The molecule has 0 aromatic heterocycles. The largest absolute Gasteiger partial charge is 0.488 e. The molecule has 0 saturated heterocycles. The molecular weight excluding hydrogens is 415 g/mol. The van der Waals surface area contributed by atoms with Crippen molar-refractivity contribution in [3.63, 3.8) is 0 Å². The molecule has 0 aliphatic heterocycles. The Morgan fingerprint density at radius 2 is 1.79 bits per heavy atom. The third kappa shape index (κ3) is 5.63. The van der Waals surface area contributed by atoms with E-state index in [1.807, 2.05) is 62.4 Å². The molecule has 0 bridgehead atoms. The lowest BCUT2D eigenvalue weighted by Gasteiger charge is -2.12. The number of carbonyl (C=O) groups is 1. The van der Waals surface area contributed by atoms with Crippen LogP contribution >= 0.6 is 0 Å². The summed E-state index contributed by atoms with van der Waals surface area (Å²) in [5.74, 6) is 0.159. The van der Waals surface area contributed by atoms with Crippen LogP contribution in [0.15, 0.2) is 84.0 Å². The minimum absolute atomic E-state index is 0.188. The van der Waals surface area contributed by atoms with E-state index < -0.39 is 0 Å². The number of hydrogen-bond acceptors (Lipinski definition) is 3. The maximum Gasteiger partial charge on any atom is 0.244 e. The second-order valence-electron chi connectivity index (χ2n) is 8.01. The molecule has 0 saturated carbocycles. The van der Waals surface area contributed by atoms with Crippen LogP contribution in [0.4, 0.5) is 4.39 Å². The van der Waals surface area contributed by atoms with Crippen LogP contribution in [0.2, 0.25) is 0 Å². The Morgan fingerprint density at radius 1 is 1.00 bits per heavy atom. The molecule has 4 aromatic rings. The van der Waals surface area contributed by atoms with Crippen LogP contribution < -0.4 is 10.2 Å². The Labute approximate surface area is 192 Å². The van der Waals surface area contributed by atoms with Gasteiger partial charge in [-0.1, -0.05) is 66.2 Å². The number of ether oxygens (including phenoxy) is 1. The van der Waals surface area contributed by atoms with Gasteiger partial charge in [0.25, 0.3) is 0 Å². The molecule has 4 aromatic carbocycles. The molecular formula is C28H25FN2O2. The zero-order valence-electron chi connectivity index (χ0n) is 18.6. The minimum Gasteiger partial charge on any atom is -0.488 e. The summed E-state index contributed by atoms with van der Waals surface area (Å²) in [6.07, 6.45) is 1.87. The minimum atomic E-state index is -0.283. The number of carbonyl (C=O) groups excluding carboxylic acids is 1. The van der Waals surface area contributed by atoms with Gasteiger partial charge in [-0.25, -0.2) is 9.82 Å². The second-order valence-corrected chi connectivity index (χ2v) is 8.01. The van der Waals surface area contributed by atoms with E-state index in [2.05, 4.69) is 16.6 Å². The van der Waals surface area contributed by atoms with Gasteiger partial charge < -0.3 is 4.74 Å². The maximum atomic E-state index is 13.2. The third-order valence-electron chi connectivity index (χ3n) is 5.47. The topological polar surface area (TPSA) is 50.7 Å². The summed E-state index contributed by atoms with van der Waals surface area (Å²) in [4.78, 5) is 12.4. The van der Waals surface area contributed by atoms with Crippen LogP contribution in [-0.2, 0) is 17.8 Å². The summed E-state index contributed by atoms with van der Waals surface area (Å²) in [5.41, 5.74) is 7.47. The molecule has 0 aliphatic rings. The fourth-order valence-corrected chi connectivity index (χ4v) is 3.70. The van der Waals surface area contributed by atoms with Gasteiger partial charge in [-0.15, -0.1) is 0 Å². The van der Waals surface area contributed by atoms with E-state index in [1.165, 1.54) is 17.7 Å². The average Bonchev–Trinajstić information content (AvgIpc) is 2.81. The highest BCUT2D eigenvalue weighted by atomic mass is 19.1. The summed E-state index contributed by atoms with van der Waals surface area (Å²) >= 11 is 0. The van der Waals surface area contributed by atoms with Crippen molar-refractivity contribution in [2.24, 2.45) is 5.10 Å². The highest BCUT2D eigenvalue weighted by Crippen LogP contribution is 2.27. The van der Waals surface area contributed by atoms with Crippen LogP contribution in [-0.4, -0.2) is 12.1 Å². The lowest BCUT2D eigenvalue weighted by atomic mass is 10.0. The number of nitrogens with zero attached hydrogens (tertiary/aromatic N) is 1. The Bertz CT molecular complexity index is 1310. The summed E-state index contributed by atoms with van der Waals surface area (Å²) < 4.78 is 19.2. The summed E-state index contributed by atoms with van der Waals surface area (Å²) in [6, 6.07) is 24.0. The normalized spacial score (nSPS) is 11.1. The van der Waals surface area contributed by atoms with E-state index in [1.54, 1.807) is 18.3 Å². The predicted octanol–water partition coefficient (Wildman–Crippen LogP) is 5.87. The number of amides is 1. The van der Waals surface area contributed by atoms with Crippen molar-refractivity contribution in [1.29, 1.82) is 0 Å². The SMILES string of the molecule is Cc1ccc(CC(=O)N/N=C/c2c(OCc3ccc(F)cc3)ccc3ccccc23)c(C)c1. The van der Waals surface area contributed by atoms with Gasteiger partial charge in [0.05, 0.1) is 12.6 Å². The van der Waals surface area contributed by atoms with Crippen molar-refractivity contribution in [1.82, 2.24) is 5.43 Å². The lowest BCUT2D eigenvalue weighted by molar-refractivity contribution is -0.120. The number of nitrogens with one attached hydrogen (secondary N) is 1. The molecule has 4 nitrogen and oxygen atoms in total. The summed E-state index contributed by atoms with van der Waals surface area (Å²) in [5, 5.41) is 6.20. The fraction of sp³-hybridized carbons (Fsp3) is 0.143. The van der Waals surface area contributed by atoms with Crippen LogP contribution in [0.3, 0.4) is 0 Å². The van der Waals surface area contributed by atoms with Crippen molar-refractivity contribution in [3.05, 3.63) is 112 Å². The zero-order valence-corrected chi connectivity index (χ0v) is 18.6. The van der Waals surface area contributed by atoms with E-state index in [0.29, 0.717) is 12.4 Å². The molecule has 0 aliphatic carbocycles. The van der Waals surface area contributed by atoms with Crippen molar-refractivity contribution >= 4 is 22.9 Å². The summed E-state index contributed by atoms with van der Waals surface area (Å²) in [7, 11) is 0. The van der Waals surface area contributed by atoms with Crippen LogP contribution in [0.5, 0.6) is 5.75 Å². The van der Waals surface area contributed by atoms with Gasteiger partial charge in [-0.3, -0.25) is 4.79 Å². The average molecular weight is 441 g/mol. The lowest BCUT2D eigenvalue weighted by Crippen LogP contribution is -2.20. The maximum absolute atomic E-state index is 13.2. The Hall–Kier alpha value is -3.99. The first-order valence-corrected chi connectivity index (χ1v) is 10.8. The smallest absolute Gasteiger partial charge is 0.244 e. The standard InChI is InChI=1S/C28H25FN2O2/c1-19-7-10-23(20(2)15-19)16-28(32)31-30-17-26-25-6-4-3-5-22(25)11-14-27(26)33-18-21-8-12-24(29)13-9-21/h3-15,17H,16,18H2,1-2H3,(H,31,32)/b30-17+. The molecule has 0 atom stereocenters. The van der Waals surface area contributed by atoms with Gasteiger partial charge in [0.15, 0.2) is 0 Å². The van der Waals surface area contributed by atoms with Crippen molar-refractivity contribution in [2.45, 2.75) is 26.9 Å². The van der Waals surface area contributed by atoms with Gasteiger partial charge in [0.1, 0.15) is 18.2 Å². The van der Waals surface area contributed by atoms with Crippen molar-refractivity contribution in [2.75, 3.05) is 0 Å². The predicted molar refractivity (Wildman–Crippen MR) is 130 cm³/mol. The molecule has 4 rings (SSSR count). The molecule has 0 fully saturated rings. The first-order chi connectivity index (χ1) is 16.0. The highest BCUT2D eigenvalue weighted by Gasteiger charge is 2.09. The van der Waals surface area contributed by atoms with Crippen LogP contribution in [0, 0.1) is 19.7 Å². The van der Waals surface area contributed by atoms with E-state index in [9.17, 15) is 9.18 Å². The van der Waals surface area contributed by atoms with Gasteiger partial charge in [-0.05, 0) is 59.5 Å². The molecule has 5 heteroatoms. The number of hydrazone groups is 1. The molecule has 33 heavy (non-hydrogen) atoms. The zero-order chi connectivity index (χ0) is 23.2. The van der Waals surface area contributed by atoms with E-state index in [4.69, 9.17) is 4.74 Å². The molecule has 1 N–H and O–H groups in total. The van der Waals surface area contributed by atoms with Crippen molar-refractivity contribution < 1.29 is 13.9 Å². The number of aryl methyl sites for hydroxylation is 2. The molecule has 0 radical (unpaired) electrons. The van der Waals surface area contributed by atoms with Gasteiger partial charge >= 0.3 is 0 Å². The molecule has 0 unspecified atom stereocenters. The second kappa shape index (κ2) is 10.1. The molecule has 166 valence electrons. The number of hydrogen-bond donors (Lipinski definition) is 1. The van der Waals surface area contributed by atoms with E-state index in [-0.39, 0.29) is 18.1 Å². The Kier molecular flexibility index (Phi) is 6.79. The Balaban J connectivity index is 1.52. The van der Waals surface area contributed by atoms with Gasteiger partial charge in [0.2, 0.25) is 5.91 Å². The Morgan fingerprint density at radius 3 is 2.58 bits per heavy atom. The molecule has 0 heterocycles. The third-order valence-corrected chi connectivity index (χ3v) is 5.47. The van der Waals surface area contributed by atoms with E-state index >= 15 is 0 Å². The highest BCUT2D eigenvalue weighted by molar-refractivity contribution is 6.02. The summed E-state index contributed by atoms with van der Waals surface area (Å²) in [6.45, 7) is 4.32. The van der Waals surface area contributed by atoms with Crippen LogP contribution in [0.25, 0.3) is 10.8 Å². The number of halogens is 1. The van der Waals surface area contributed by atoms with Crippen molar-refractivity contribution in [3.8, 4) is 5.75 Å². The molecule has 0 spiro atoms. The first kappa shape index (κ1) is 22.2. The first-order valence-electron chi connectivity index (χ1n) is 10.8. The quantitative estimate of drug-likeness (QED) is 0.289. The van der Waals surface area contributed by atoms with Gasteiger partial charge in [0, 0.05) is 5.56 Å². The molecule has 1 amide bonds. The number of benzene rings is 4. The number of rotatable bonds is 7. The van der Waals surface area contributed by atoms with Crippen LogP contribution in [0.1, 0.15) is 27.8 Å².